The van der Waals surface area contributed by atoms with Gasteiger partial charge in [-0.25, -0.2) is 0 Å². The minimum absolute atomic E-state index is 0.715. The van der Waals surface area contributed by atoms with E-state index in [4.69, 9.17) is 0 Å². The standard InChI is InChI=1S/C16H25NO/c1-3-4-12-17(15-10-11-15)13-16(2,18)14-8-6-5-7-9-14/h5-9,15,18H,3-4,10-13H2,1-2H3. The molecular formula is C16H25NO. The van der Waals surface area contributed by atoms with Crippen LogP contribution in [0, 0.1) is 0 Å². The van der Waals surface area contributed by atoms with Crippen molar-refractivity contribution < 1.29 is 5.11 Å². The normalized spacial score (nSPS) is 18.9. The number of hydrogen-bond acceptors (Lipinski definition) is 2. The zero-order chi connectivity index (χ0) is 13.0. The molecule has 2 rings (SSSR count). The molecule has 100 valence electrons. The summed E-state index contributed by atoms with van der Waals surface area (Å²) >= 11 is 0. The Morgan fingerprint density at radius 3 is 2.50 bits per heavy atom. The summed E-state index contributed by atoms with van der Waals surface area (Å²) in [5.41, 5.74) is 0.282. The summed E-state index contributed by atoms with van der Waals surface area (Å²) < 4.78 is 0. The first-order valence-corrected chi connectivity index (χ1v) is 7.15. The maximum absolute atomic E-state index is 10.7. The van der Waals surface area contributed by atoms with Gasteiger partial charge in [0, 0.05) is 12.6 Å². The Balaban J connectivity index is 2.00. The lowest BCUT2D eigenvalue weighted by molar-refractivity contribution is 0.0127. The number of benzene rings is 1. The number of hydrogen-bond donors (Lipinski definition) is 1. The third-order valence-electron chi connectivity index (χ3n) is 3.77. The first kappa shape index (κ1) is 13.6. The average molecular weight is 247 g/mol. The molecule has 1 aromatic carbocycles. The van der Waals surface area contributed by atoms with Crippen molar-refractivity contribution in [3.05, 3.63) is 35.9 Å². The highest BCUT2D eigenvalue weighted by atomic mass is 16.3. The summed E-state index contributed by atoms with van der Waals surface area (Å²) in [6.07, 6.45) is 5.04. The Hall–Kier alpha value is -0.860. The van der Waals surface area contributed by atoms with Crippen LogP contribution in [0.15, 0.2) is 30.3 Å². The van der Waals surface area contributed by atoms with Gasteiger partial charge in [0.2, 0.25) is 0 Å². The van der Waals surface area contributed by atoms with Crippen LogP contribution in [-0.2, 0) is 5.60 Å². The van der Waals surface area contributed by atoms with E-state index in [0.29, 0.717) is 6.04 Å². The molecule has 1 aliphatic rings. The lowest BCUT2D eigenvalue weighted by Gasteiger charge is -2.32. The Kier molecular flexibility index (Phi) is 4.41. The third kappa shape index (κ3) is 3.56. The largest absolute Gasteiger partial charge is 0.384 e. The zero-order valence-corrected chi connectivity index (χ0v) is 11.6. The Morgan fingerprint density at radius 1 is 1.28 bits per heavy atom. The van der Waals surface area contributed by atoms with E-state index in [1.807, 2.05) is 37.3 Å². The van der Waals surface area contributed by atoms with Crippen LogP contribution in [0.3, 0.4) is 0 Å². The maximum Gasteiger partial charge on any atom is 0.0994 e. The minimum Gasteiger partial charge on any atom is -0.384 e. The predicted octanol–water partition coefficient (Wildman–Crippen LogP) is 3.16. The molecule has 0 bridgehead atoms. The third-order valence-corrected chi connectivity index (χ3v) is 3.77. The Morgan fingerprint density at radius 2 is 1.94 bits per heavy atom. The van der Waals surface area contributed by atoms with Gasteiger partial charge < -0.3 is 5.11 Å². The van der Waals surface area contributed by atoms with Gasteiger partial charge in [0.05, 0.1) is 5.60 Å². The van der Waals surface area contributed by atoms with E-state index in [0.717, 1.165) is 18.7 Å². The molecule has 0 radical (unpaired) electrons. The van der Waals surface area contributed by atoms with Gasteiger partial charge in [-0.2, -0.15) is 0 Å². The van der Waals surface area contributed by atoms with Crippen LogP contribution < -0.4 is 0 Å². The van der Waals surface area contributed by atoms with Crippen molar-refractivity contribution in [3.8, 4) is 0 Å². The Labute approximate surface area is 111 Å². The molecule has 1 atom stereocenters. The van der Waals surface area contributed by atoms with Crippen molar-refractivity contribution in [2.45, 2.75) is 51.2 Å². The molecule has 1 aliphatic carbocycles. The van der Waals surface area contributed by atoms with Gasteiger partial charge in [-0.15, -0.1) is 0 Å². The first-order valence-electron chi connectivity index (χ1n) is 7.15. The summed E-state index contributed by atoms with van der Waals surface area (Å²) in [4.78, 5) is 2.47. The van der Waals surface area contributed by atoms with Gasteiger partial charge in [0.15, 0.2) is 0 Å². The molecule has 0 aliphatic heterocycles. The van der Waals surface area contributed by atoms with Crippen molar-refractivity contribution in [3.63, 3.8) is 0 Å². The molecule has 1 fully saturated rings. The lowest BCUT2D eigenvalue weighted by Crippen LogP contribution is -2.40. The topological polar surface area (TPSA) is 23.5 Å². The van der Waals surface area contributed by atoms with Crippen molar-refractivity contribution >= 4 is 0 Å². The van der Waals surface area contributed by atoms with Gasteiger partial charge in [-0.1, -0.05) is 43.7 Å². The van der Waals surface area contributed by atoms with E-state index in [1.165, 1.54) is 25.7 Å². The van der Waals surface area contributed by atoms with Crippen molar-refractivity contribution in [1.82, 2.24) is 4.90 Å². The second kappa shape index (κ2) is 5.85. The van der Waals surface area contributed by atoms with Crippen LogP contribution in [0.25, 0.3) is 0 Å². The van der Waals surface area contributed by atoms with Gasteiger partial charge in [0.1, 0.15) is 0 Å². The van der Waals surface area contributed by atoms with E-state index in [2.05, 4.69) is 11.8 Å². The highest BCUT2D eigenvalue weighted by molar-refractivity contribution is 5.22. The molecule has 0 spiro atoms. The molecule has 1 unspecified atom stereocenters. The fraction of sp³-hybridized carbons (Fsp3) is 0.625. The van der Waals surface area contributed by atoms with E-state index >= 15 is 0 Å². The maximum atomic E-state index is 10.7. The smallest absolute Gasteiger partial charge is 0.0994 e. The van der Waals surface area contributed by atoms with Gasteiger partial charge in [-0.3, -0.25) is 4.90 Å². The van der Waals surface area contributed by atoms with Crippen LogP contribution in [0.4, 0.5) is 0 Å². The number of rotatable bonds is 7. The van der Waals surface area contributed by atoms with Crippen LogP contribution in [0.2, 0.25) is 0 Å². The first-order chi connectivity index (χ1) is 8.63. The number of aliphatic hydroxyl groups is 1. The molecule has 2 nitrogen and oxygen atoms in total. The van der Waals surface area contributed by atoms with Crippen LogP contribution in [0.5, 0.6) is 0 Å². The van der Waals surface area contributed by atoms with Crippen LogP contribution in [0.1, 0.15) is 45.1 Å². The second-order valence-electron chi connectivity index (χ2n) is 5.70. The van der Waals surface area contributed by atoms with Crippen molar-refractivity contribution in [2.75, 3.05) is 13.1 Å². The minimum atomic E-state index is -0.739. The molecular weight excluding hydrogens is 222 g/mol. The fourth-order valence-corrected chi connectivity index (χ4v) is 2.48. The molecule has 0 heterocycles. The average Bonchev–Trinajstić information content (AvgIpc) is 3.20. The van der Waals surface area contributed by atoms with E-state index in [9.17, 15) is 5.11 Å². The molecule has 1 aromatic rings. The zero-order valence-electron chi connectivity index (χ0n) is 11.6. The van der Waals surface area contributed by atoms with E-state index in [-0.39, 0.29) is 0 Å². The van der Waals surface area contributed by atoms with Crippen molar-refractivity contribution in [2.24, 2.45) is 0 Å². The fourth-order valence-electron chi connectivity index (χ4n) is 2.48. The lowest BCUT2D eigenvalue weighted by atomic mass is 9.95. The molecule has 1 saturated carbocycles. The summed E-state index contributed by atoms with van der Waals surface area (Å²) in [6.45, 7) is 6.02. The monoisotopic (exact) mass is 247 g/mol. The quantitative estimate of drug-likeness (QED) is 0.800. The second-order valence-corrected chi connectivity index (χ2v) is 5.70. The molecule has 0 saturated heterocycles. The highest BCUT2D eigenvalue weighted by Gasteiger charge is 2.34. The summed E-state index contributed by atoms with van der Waals surface area (Å²) in [6, 6.07) is 10.7. The van der Waals surface area contributed by atoms with Gasteiger partial charge >= 0.3 is 0 Å². The SMILES string of the molecule is CCCCN(CC(C)(O)c1ccccc1)C1CC1. The Bertz CT molecular complexity index is 357. The number of unbranched alkanes of at least 4 members (excludes halogenated alkanes) is 1. The highest BCUT2D eigenvalue weighted by Crippen LogP contribution is 2.31. The predicted molar refractivity (Wildman–Crippen MR) is 75.5 cm³/mol. The van der Waals surface area contributed by atoms with Gasteiger partial charge in [-0.05, 0) is 38.3 Å². The summed E-state index contributed by atoms with van der Waals surface area (Å²) in [5.74, 6) is 0. The van der Waals surface area contributed by atoms with Gasteiger partial charge in [0.25, 0.3) is 0 Å². The van der Waals surface area contributed by atoms with Crippen LogP contribution >= 0.6 is 0 Å². The molecule has 2 heteroatoms. The van der Waals surface area contributed by atoms with E-state index in [1.54, 1.807) is 0 Å². The van der Waals surface area contributed by atoms with Crippen LogP contribution in [-0.4, -0.2) is 29.1 Å². The molecule has 0 amide bonds. The number of nitrogens with zero attached hydrogens (tertiary/aromatic N) is 1. The summed E-state index contributed by atoms with van der Waals surface area (Å²) in [7, 11) is 0. The van der Waals surface area contributed by atoms with E-state index < -0.39 is 5.60 Å². The van der Waals surface area contributed by atoms with Crippen molar-refractivity contribution in [1.29, 1.82) is 0 Å². The summed E-state index contributed by atoms with van der Waals surface area (Å²) in [5, 5.41) is 10.7. The molecule has 1 N–H and O–H groups in total. The molecule has 18 heavy (non-hydrogen) atoms. The molecule has 0 aromatic heterocycles.